The third kappa shape index (κ3) is 6.34. The van der Waals surface area contributed by atoms with Crippen molar-refractivity contribution in [2.75, 3.05) is 0 Å². The summed E-state index contributed by atoms with van der Waals surface area (Å²) in [6.45, 7) is 13.7. The molecule has 0 radical (unpaired) electrons. The lowest BCUT2D eigenvalue weighted by molar-refractivity contribution is 1.34. The van der Waals surface area contributed by atoms with E-state index in [1.54, 1.807) is 0 Å². The molecule has 0 heterocycles. The summed E-state index contributed by atoms with van der Waals surface area (Å²) in [6.07, 6.45) is 0. The maximum absolute atomic E-state index is 2.55. The highest BCUT2D eigenvalue weighted by molar-refractivity contribution is 6.98. The summed E-state index contributed by atoms with van der Waals surface area (Å²) in [4.78, 5) is 0. The summed E-state index contributed by atoms with van der Waals surface area (Å²) in [5.41, 5.74) is 22.1. The van der Waals surface area contributed by atoms with E-state index in [1.807, 2.05) is 0 Å². The molecule has 0 saturated heterocycles. The first-order valence-electron chi connectivity index (χ1n) is 20.9. The van der Waals surface area contributed by atoms with Crippen LogP contribution in [-0.4, -0.2) is 6.71 Å². The van der Waals surface area contributed by atoms with Crippen LogP contribution < -0.4 is 16.4 Å². The van der Waals surface area contributed by atoms with E-state index in [2.05, 4.69) is 217 Å². The van der Waals surface area contributed by atoms with Crippen LogP contribution in [-0.2, 0) is 0 Å². The lowest BCUT2D eigenvalue weighted by Crippen LogP contribution is -2.56. The molecule has 0 amide bonds. The van der Waals surface area contributed by atoms with Gasteiger partial charge in [-0.3, -0.25) is 0 Å². The smallest absolute Gasteiger partial charge is 0.0629 e. The number of hydrogen-bond donors (Lipinski definition) is 0. The summed E-state index contributed by atoms with van der Waals surface area (Å²) in [7, 11) is 0. The molecule has 0 nitrogen and oxygen atoms in total. The zero-order valence-electron chi connectivity index (χ0n) is 34.8. The van der Waals surface area contributed by atoms with Gasteiger partial charge in [0.1, 0.15) is 0 Å². The minimum absolute atomic E-state index is 0.0353. The molecule has 0 aliphatic carbocycles. The van der Waals surface area contributed by atoms with Gasteiger partial charge in [-0.25, -0.2) is 0 Å². The fourth-order valence-corrected chi connectivity index (χ4v) is 10.3. The van der Waals surface area contributed by atoms with Crippen molar-refractivity contribution >= 4 is 55.4 Å². The van der Waals surface area contributed by atoms with Crippen LogP contribution in [0.15, 0.2) is 176 Å². The summed E-state index contributed by atoms with van der Waals surface area (Å²) in [6, 6.07) is 66.0. The molecular formula is C58H47B. The van der Waals surface area contributed by atoms with Gasteiger partial charge in [-0.15, -0.1) is 0 Å². The first-order valence-corrected chi connectivity index (χ1v) is 20.9. The Hall–Kier alpha value is -6.70. The fourth-order valence-electron chi connectivity index (χ4n) is 10.3. The molecule has 282 valence electrons. The van der Waals surface area contributed by atoms with Gasteiger partial charge in [-0.1, -0.05) is 226 Å². The second-order valence-electron chi connectivity index (χ2n) is 16.8. The van der Waals surface area contributed by atoms with Crippen LogP contribution in [0.2, 0.25) is 0 Å². The standard InChI is InChI=1S/C58H47B/c1-36-31-38(3)57(39(4)32-36)59(58-40(5)33-37(2)34-41(58)6)54-35-53(47-23-19-45(20-24-47)43-15-11-8-12-16-43)51-28-26-48-25-27-49(50-29-30-52(54)56(51)55(48)50)46-21-17-44(18-22-46)42-13-9-7-10-14-42/h7-35H,1-6H3. The van der Waals surface area contributed by atoms with Crippen molar-refractivity contribution in [2.45, 2.75) is 41.5 Å². The minimum Gasteiger partial charge on any atom is -0.0629 e. The van der Waals surface area contributed by atoms with Crippen molar-refractivity contribution in [3.05, 3.63) is 209 Å². The van der Waals surface area contributed by atoms with Gasteiger partial charge in [0.2, 0.25) is 6.71 Å². The van der Waals surface area contributed by atoms with Gasteiger partial charge in [0.05, 0.1) is 0 Å². The summed E-state index contributed by atoms with van der Waals surface area (Å²) >= 11 is 0. The van der Waals surface area contributed by atoms with E-state index < -0.39 is 0 Å². The molecule has 10 aromatic carbocycles. The van der Waals surface area contributed by atoms with E-state index in [-0.39, 0.29) is 6.71 Å². The van der Waals surface area contributed by atoms with E-state index in [0.29, 0.717) is 0 Å². The molecule has 0 aliphatic rings. The van der Waals surface area contributed by atoms with Crippen molar-refractivity contribution < 1.29 is 0 Å². The molecule has 0 aliphatic heterocycles. The van der Waals surface area contributed by atoms with Gasteiger partial charge in [-0.2, -0.15) is 0 Å². The average Bonchev–Trinajstić information content (AvgIpc) is 3.25. The zero-order valence-corrected chi connectivity index (χ0v) is 34.8. The molecule has 0 aromatic heterocycles. The van der Waals surface area contributed by atoms with Gasteiger partial charge >= 0.3 is 0 Å². The van der Waals surface area contributed by atoms with Crippen molar-refractivity contribution in [2.24, 2.45) is 0 Å². The number of hydrogen-bond acceptors (Lipinski definition) is 0. The molecule has 0 bridgehead atoms. The van der Waals surface area contributed by atoms with Crippen LogP contribution in [0.3, 0.4) is 0 Å². The quantitative estimate of drug-likeness (QED) is 0.112. The first kappa shape index (κ1) is 36.6. The highest BCUT2D eigenvalue weighted by atomic mass is 14.2. The molecule has 0 fully saturated rings. The summed E-state index contributed by atoms with van der Waals surface area (Å²) in [5, 5.41) is 7.85. The van der Waals surface area contributed by atoms with Crippen LogP contribution in [0.1, 0.15) is 33.4 Å². The minimum atomic E-state index is 0.0353. The lowest BCUT2D eigenvalue weighted by atomic mass is 9.33. The Morgan fingerprint density at radius 3 is 1.20 bits per heavy atom. The normalized spacial score (nSPS) is 11.6. The molecule has 0 unspecified atom stereocenters. The predicted octanol–water partition coefficient (Wildman–Crippen LogP) is 13.6. The predicted molar refractivity (Wildman–Crippen MR) is 258 cm³/mol. The Labute approximate surface area is 349 Å². The van der Waals surface area contributed by atoms with Gasteiger partial charge in [-0.05, 0) is 118 Å². The van der Waals surface area contributed by atoms with Gasteiger partial charge in [0.25, 0.3) is 0 Å². The fraction of sp³-hybridized carbons (Fsp3) is 0.103. The second-order valence-corrected chi connectivity index (χ2v) is 16.8. The number of aryl methyl sites for hydroxylation is 6. The molecule has 1 heteroatoms. The summed E-state index contributed by atoms with van der Waals surface area (Å²) in [5.74, 6) is 0. The Morgan fingerprint density at radius 1 is 0.305 bits per heavy atom. The van der Waals surface area contributed by atoms with Crippen LogP contribution in [0.5, 0.6) is 0 Å². The van der Waals surface area contributed by atoms with Crippen molar-refractivity contribution in [3.63, 3.8) is 0 Å². The average molecular weight is 755 g/mol. The van der Waals surface area contributed by atoms with Crippen molar-refractivity contribution in [1.29, 1.82) is 0 Å². The van der Waals surface area contributed by atoms with Crippen LogP contribution in [0.25, 0.3) is 76.8 Å². The maximum atomic E-state index is 2.55. The maximum Gasteiger partial charge on any atom is 0.243 e. The van der Waals surface area contributed by atoms with E-state index >= 15 is 0 Å². The largest absolute Gasteiger partial charge is 0.243 e. The van der Waals surface area contributed by atoms with Crippen LogP contribution in [0, 0.1) is 41.5 Å². The number of rotatable bonds is 7. The Balaban J connectivity index is 1.28. The zero-order chi connectivity index (χ0) is 40.4. The SMILES string of the molecule is Cc1cc(C)c(B(c2c(C)cc(C)cc2C)c2cc(-c3ccc(-c4ccccc4)cc3)c3ccc4ccc(-c5ccc(-c6ccccc6)cc5)c5ccc2c3c45)c(C)c1. The second kappa shape index (κ2) is 14.6. The molecule has 0 spiro atoms. The highest BCUT2D eigenvalue weighted by Gasteiger charge is 2.31. The molecule has 0 atom stereocenters. The Morgan fingerprint density at radius 2 is 0.695 bits per heavy atom. The third-order valence-corrected chi connectivity index (χ3v) is 12.8. The first-order chi connectivity index (χ1) is 28.7. The van der Waals surface area contributed by atoms with Gasteiger partial charge < -0.3 is 0 Å². The Kier molecular flexibility index (Phi) is 9.06. The number of benzene rings is 10. The molecule has 0 N–H and O–H groups in total. The lowest BCUT2D eigenvalue weighted by Gasteiger charge is -2.27. The van der Waals surface area contributed by atoms with E-state index in [1.165, 1.54) is 127 Å². The highest BCUT2D eigenvalue weighted by Crippen LogP contribution is 2.42. The van der Waals surface area contributed by atoms with E-state index in [0.717, 1.165) is 0 Å². The van der Waals surface area contributed by atoms with Gasteiger partial charge in [0.15, 0.2) is 0 Å². The molecule has 59 heavy (non-hydrogen) atoms. The van der Waals surface area contributed by atoms with Crippen LogP contribution in [0.4, 0.5) is 0 Å². The molecular weight excluding hydrogens is 707 g/mol. The molecule has 0 saturated carbocycles. The summed E-state index contributed by atoms with van der Waals surface area (Å²) < 4.78 is 0. The van der Waals surface area contributed by atoms with Gasteiger partial charge in [0, 0.05) is 0 Å². The molecule has 10 aromatic rings. The van der Waals surface area contributed by atoms with Crippen molar-refractivity contribution in [1.82, 2.24) is 0 Å². The van der Waals surface area contributed by atoms with Crippen molar-refractivity contribution in [3.8, 4) is 44.5 Å². The van der Waals surface area contributed by atoms with E-state index in [9.17, 15) is 0 Å². The Bertz CT molecular complexity index is 3070. The molecule has 10 rings (SSSR count). The monoisotopic (exact) mass is 754 g/mol. The van der Waals surface area contributed by atoms with E-state index in [4.69, 9.17) is 0 Å². The topological polar surface area (TPSA) is 0 Å². The third-order valence-electron chi connectivity index (χ3n) is 12.8. The van der Waals surface area contributed by atoms with Crippen LogP contribution >= 0.6 is 0 Å².